The Morgan fingerprint density at radius 2 is 2.00 bits per heavy atom. The van der Waals surface area contributed by atoms with E-state index in [1.807, 2.05) is 0 Å². The van der Waals surface area contributed by atoms with Gasteiger partial charge in [-0.25, -0.2) is 4.79 Å². The maximum atomic E-state index is 12.3. The highest BCUT2D eigenvalue weighted by molar-refractivity contribution is 5.99. The standard InChI is InChI=1S/C15H24N2O5/c1-15(2,3)22-14(20)16-10-6-5-7-17-11(10)8-9(12(17)18)13(19)21-4/h9-11H,5-8H2,1-4H3,(H,16,20)/t9-,10-,11+/m0/s1. The number of ether oxygens (including phenoxy) is 2. The molecule has 0 bridgehead atoms. The van der Waals surface area contributed by atoms with Crippen molar-refractivity contribution in [2.75, 3.05) is 13.7 Å². The third-order valence-electron chi connectivity index (χ3n) is 4.03. The molecule has 2 fully saturated rings. The summed E-state index contributed by atoms with van der Waals surface area (Å²) in [5.41, 5.74) is -0.571. The number of fused-ring (bicyclic) bond motifs is 1. The minimum atomic E-state index is -0.754. The number of hydrogen-bond acceptors (Lipinski definition) is 5. The first kappa shape index (κ1) is 16.6. The molecule has 124 valence electrons. The van der Waals surface area contributed by atoms with E-state index in [4.69, 9.17) is 9.47 Å². The van der Waals surface area contributed by atoms with Crippen LogP contribution in [0, 0.1) is 5.92 Å². The molecule has 0 aromatic carbocycles. The fraction of sp³-hybridized carbons (Fsp3) is 0.800. The minimum absolute atomic E-state index is 0.169. The zero-order chi connectivity index (χ0) is 16.5. The third-order valence-corrected chi connectivity index (χ3v) is 4.03. The molecule has 0 radical (unpaired) electrons. The van der Waals surface area contributed by atoms with Gasteiger partial charge in [-0.05, 0) is 40.0 Å². The average Bonchev–Trinajstić information content (AvgIpc) is 2.75. The maximum absolute atomic E-state index is 12.3. The van der Waals surface area contributed by atoms with E-state index < -0.39 is 23.6 Å². The first-order valence-corrected chi connectivity index (χ1v) is 7.61. The van der Waals surface area contributed by atoms with Gasteiger partial charge in [0.1, 0.15) is 11.5 Å². The van der Waals surface area contributed by atoms with Crippen molar-refractivity contribution in [1.82, 2.24) is 10.2 Å². The fourth-order valence-electron chi connectivity index (χ4n) is 3.13. The highest BCUT2D eigenvalue weighted by atomic mass is 16.6. The second-order valence-electron chi connectivity index (χ2n) is 6.81. The molecular weight excluding hydrogens is 288 g/mol. The molecule has 0 aliphatic carbocycles. The van der Waals surface area contributed by atoms with Crippen LogP contribution in [0.1, 0.15) is 40.0 Å². The van der Waals surface area contributed by atoms with Crippen molar-refractivity contribution in [2.45, 2.75) is 57.7 Å². The van der Waals surface area contributed by atoms with Crippen molar-refractivity contribution in [3.63, 3.8) is 0 Å². The molecule has 22 heavy (non-hydrogen) atoms. The van der Waals surface area contributed by atoms with E-state index in [2.05, 4.69) is 5.32 Å². The summed E-state index contributed by atoms with van der Waals surface area (Å²) in [6.07, 6.45) is 1.44. The summed E-state index contributed by atoms with van der Waals surface area (Å²) < 4.78 is 9.96. The number of carbonyl (C=O) groups excluding carboxylic acids is 3. The SMILES string of the molecule is COC(=O)[C@H]1C[C@@H]2[C@@H](NC(=O)OC(C)(C)C)CCCN2C1=O. The van der Waals surface area contributed by atoms with Crippen molar-refractivity contribution >= 4 is 18.0 Å². The number of esters is 1. The van der Waals surface area contributed by atoms with Crippen LogP contribution in [-0.4, -0.2) is 54.2 Å². The van der Waals surface area contributed by atoms with Gasteiger partial charge in [0.05, 0.1) is 19.2 Å². The molecule has 2 rings (SSSR count). The number of methoxy groups -OCH3 is 1. The number of rotatable bonds is 2. The number of nitrogens with zero attached hydrogens (tertiary/aromatic N) is 1. The van der Waals surface area contributed by atoms with Gasteiger partial charge >= 0.3 is 12.1 Å². The fourth-order valence-corrected chi connectivity index (χ4v) is 3.13. The summed E-state index contributed by atoms with van der Waals surface area (Å²) in [5, 5.41) is 2.84. The molecule has 0 aromatic heterocycles. The number of alkyl carbamates (subject to hydrolysis) is 1. The van der Waals surface area contributed by atoms with Gasteiger partial charge in [-0.1, -0.05) is 0 Å². The Bertz CT molecular complexity index is 471. The van der Waals surface area contributed by atoms with E-state index >= 15 is 0 Å². The van der Waals surface area contributed by atoms with Crippen LogP contribution < -0.4 is 5.32 Å². The highest BCUT2D eigenvalue weighted by Gasteiger charge is 2.48. The monoisotopic (exact) mass is 312 g/mol. The molecule has 1 N–H and O–H groups in total. The summed E-state index contributed by atoms with van der Waals surface area (Å²) in [5.74, 6) is -1.46. The Hall–Kier alpha value is -1.79. The summed E-state index contributed by atoms with van der Waals surface area (Å²) in [6, 6.07) is -0.361. The van der Waals surface area contributed by atoms with Gasteiger partial charge in [-0.2, -0.15) is 0 Å². The molecule has 2 heterocycles. The van der Waals surface area contributed by atoms with E-state index in [1.165, 1.54) is 7.11 Å². The molecule has 7 heteroatoms. The van der Waals surface area contributed by atoms with Crippen LogP contribution in [0.15, 0.2) is 0 Å². The Balaban J connectivity index is 2.04. The lowest BCUT2D eigenvalue weighted by Gasteiger charge is -2.37. The summed E-state index contributed by atoms with van der Waals surface area (Å²) in [4.78, 5) is 37.6. The second kappa shape index (κ2) is 6.14. The average molecular weight is 312 g/mol. The number of piperidine rings is 1. The first-order valence-electron chi connectivity index (χ1n) is 7.61. The van der Waals surface area contributed by atoms with Crippen molar-refractivity contribution in [3.8, 4) is 0 Å². The molecular formula is C15H24N2O5. The molecule has 0 saturated carbocycles. The Kier molecular flexibility index (Phi) is 4.63. The molecule has 0 unspecified atom stereocenters. The normalized spacial score (nSPS) is 28.1. The van der Waals surface area contributed by atoms with Crippen LogP contribution in [-0.2, 0) is 19.1 Å². The molecule has 0 spiro atoms. The third kappa shape index (κ3) is 3.51. The Morgan fingerprint density at radius 1 is 1.32 bits per heavy atom. The predicted molar refractivity (Wildman–Crippen MR) is 78.0 cm³/mol. The van der Waals surface area contributed by atoms with Gasteiger partial charge < -0.3 is 19.7 Å². The molecule has 2 amide bonds. The van der Waals surface area contributed by atoms with Crippen molar-refractivity contribution in [2.24, 2.45) is 5.92 Å². The van der Waals surface area contributed by atoms with Crippen LogP contribution in [0.3, 0.4) is 0 Å². The van der Waals surface area contributed by atoms with Gasteiger partial charge in [0, 0.05) is 6.54 Å². The van der Waals surface area contributed by atoms with Crippen molar-refractivity contribution in [1.29, 1.82) is 0 Å². The van der Waals surface area contributed by atoms with Crippen LogP contribution in [0.5, 0.6) is 0 Å². The van der Waals surface area contributed by atoms with Crippen LogP contribution in [0.2, 0.25) is 0 Å². The molecule has 2 saturated heterocycles. The molecule has 2 aliphatic rings. The maximum Gasteiger partial charge on any atom is 0.407 e. The van der Waals surface area contributed by atoms with E-state index in [1.54, 1.807) is 25.7 Å². The van der Waals surface area contributed by atoms with Gasteiger partial charge in [-0.3, -0.25) is 9.59 Å². The van der Waals surface area contributed by atoms with Gasteiger partial charge in [0.25, 0.3) is 0 Å². The van der Waals surface area contributed by atoms with Crippen LogP contribution >= 0.6 is 0 Å². The number of carbonyl (C=O) groups is 3. The lowest BCUT2D eigenvalue weighted by molar-refractivity contribution is -0.150. The largest absolute Gasteiger partial charge is 0.468 e. The van der Waals surface area contributed by atoms with Crippen LogP contribution in [0.25, 0.3) is 0 Å². The van der Waals surface area contributed by atoms with E-state index in [0.29, 0.717) is 13.0 Å². The zero-order valence-electron chi connectivity index (χ0n) is 13.5. The molecule has 7 nitrogen and oxygen atoms in total. The van der Waals surface area contributed by atoms with Gasteiger partial charge in [0.2, 0.25) is 5.91 Å². The summed E-state index contributed by atoms with van der Waals surface area (Å²) in [6.45, 7) is 6.01. The van der Waals surface area contributed by atoms with E-state index in [0.717, 1.165) is 12.8 Å². The molecule has 2 aliphatic heterocycles. The van der Waals surface area contributed by atoms with Gasteiger partial charge in [0.15, 0.2) is 0 Å². The Labute approximate surface area is 130 Å². The smallest absolute Gasteiger partial charge is 0.407 e. The predicted octanol–water partition coefficient (Wildman–Crippen LogP) is 1.06. The van der Waals surface area contributed by atoms with Crippen LogP contribution in [0.4, 0.5) is 4.79 Å². The topological polar surface area (TPSA) is 84.9 Å². The van der Waals surface area contributed by atoms with Gasteiger partial charge in [-0.15, -0.1) is 0 Å². The zero-order valence-corrected chi connectivity index (χ0v) is 13.5. The lowest BCUT2D eigenvalue weighted by atomic mass is 9.94. The second-order valence-corrected chi connectivity index (χ2v) is 6.81. The first-order chi connectivity index (χ1) is 10.2. The minimum Gasteiger partial charge on any atom is -0.468 e. The summed E-state index contributed by atoms with van der Waals surface area (Å²) in [7, 11) is 1.28. The lowest BCUT2D eigenvalue weighted by Crippen LogP contribution is -2.54. The highest BCUT2D eigenvalue weighted by Crippen LogP contribution is 2.32. The summed E-state index contributed by atoms with van der Waals surface area (Å²) >= 11 is 0. The molecule has 3 atom stereocenters. The Morgan fingerprint density at radius 3 is 2.59 bits per heavy atom. The van der Waals surface area contributed by atoms with E-state index in [-0.39, 0.29) is 18.0 Å². The molecule has 0 aromatic rings. The number of amides is 2. The van der Waals surface area contributed by atoms with Crippen molar-refractivity contribution < 1.29 is 23.9 Å². The van der Waals surface area contributed by atoms with Crippen molar-refractivity contribution in [3.05, 3.63) is 0 Å². The van der Waals surface area contributed by atoms with E-state index in [9.17, 15) is 14.4 Å². The number of nitrogens with one attached hydrogen (secondary N) is 1. The number of hydrogen-bond donors (Lipinski definition) is 1. The quantitative estimate of drug-likeness (QED) is 0.609.